The summed E-state index contributed by atoms with van der Waals surface area (Å²) in [5, 5.41) is 6.63. The summed E-state index contributed by atoms with van der Waals surface area (Å²) in [5.41, 5.74) is 0.788. The van der Waals surface area contributed by atoms with Gasteiger partial charge in [-0.25, -0.2) is 4.79 Å². The average molecular weight is 360 g/mol. The monoisotopic (exact) mass is 360 g/mol. The van der Waals surface area contributed by atoms with Crippen molar-refractivity contribution in [2.45, 2.75) is 0 Å². The SMILES string of the molecule is COC(=O)c1ccccc1NC(=O)CN(C)C(=O)c1cn(C)nc1OC. The number of likely N-dealkylation sites (N-methyl/N-ethyl adjacent to an activating group) is 1. The Hall–Kier alpha value is -3.36. The fourth-order valence-corrected chi connectivity index (χ4v) is 2.33. The highest BCUT2D eigenvalue weighted by atomic mass is 16.5. The standard InChI is InChI=1S/C17H20N4O5/c1-20(16(23)12-9-21(2)19-15(12)25-3)10-14(22)18-13-8-6-5-7-11(13)17(24)26-4/h5-9H,10H2,1-4H3,(H,18,22). The minimum absolute atomic E-state index is 0.181. The smallest absolute Gasteiger partial charge is 0.339 e. The van der Waals surface area contributed by atoms with E-state index in [1.54, 1.807) is 25.2 Å². The third-order valence-corrected chi connectivity index (χ3v) is 3.55. The lowest BCUT2D eigenvalue weighted by molar-refractivity contribution is -0.116. The molecule has 0 spiro atoms. The Balaban J connectivity index is 2.08. The lowest BCUT2D eigenvalue weighted by atomic mass is 10.2. The number of anilines is 1. The lowest BCUT2D eigenvalue weighted by Gasteiger charge is -2.17. The number of ether oxygens (including phenoxy) is 2. The third kappa shape index (κ3) is 4.18. The van der Waals surface area contributed by atoms with Gasteiger partial charge in [-0.1, -0.05) is 12.1 Å². The molecule has 9 heteroatoms. The van der Waals surface area contributed by atoms with Crippen molar-refractivity contribution >= 4 is 23.5 Å². The summed E-state index contributed by atoms with van der Waals surface area (Å²) >= 11 is 0. The number of benzene rings is 1. The van der Waals surface area contributed by atoms with Gasteiger partial charge in [-0.05, 0) is 12.1 Å². The quantitative estimate of drug-likeness (QED) is 0.769. The van der Waals surface area contributed by atoms with E-state index < -0.39 is 17.8 Å². The first-order valence-electron chi connectivity index (χ1n) is 7.67. The van der Waals surface area contributed by atoms with Crippen molar-refractivity contribution in [1.29, 1.82) is 0 Å². The molecule has 0 aliphatic heterocycles. The summed E-state index contributed by atoms with van der Waals surface area (Å²) in [5.74, 6) is -1.25. The van der Waals surface area contributed by atoms with E-state index in [1.165, 1.54) is 43.1 Å². The van der Waals surface area contributed by atoms with E-state index in [1.807, 2.05) is 0 Å². The van der Waals surface area contributed by atoms with Gasteiger partial charge in [0.25, 0.3) is 5.91 Å². The minimum Gasteiger partial charge on any atom is -0.479 e. The summed E-state index contributed by atoms with van der Waals surface area (Å²) in [6, 6.07) is 6.45. The van der Waals surface area contributed by atoms with Crippen LogP contribution in [0.15, 0.2) is 30.5 Å². The van der Waals surface area contributed by atoms with Crippen LogP contribution in [0.4, 0.5) is 5.69 Å². The number of rotatable bonds is 6. The van der Waals surface area contributed by atoms with E-state index in [2.05, 4.69) is 15.2 Å². The maximum atomic E-state index is 12.5. The Bertz CT molecular complexity index is 830. The molecule has 2 rings (SSSR count). The van der Waals surface area contributed by atoms with Crippen molar-refractivity contribution in [3.05, 3.63) is 41.6 Å². The number of nitrogens with one attached hydrogen (secondary N) is 1. The van der Waals surface area contributed by atoms with Gasteiger partial charge in [0.2, 0.25) is 11.8 Å². The zero-order valence-corrected chi connectivity index (χ0v) is 15.0. The Morgan fingerprint density at radius 3 is 2.54 bits per heavy atom. The molecule has 1 aromatic carbocycles. The van der Waals surface area contributed by atoms with Gasteiger partial charge >= 0.3 is 5.97 Å². The predicted molar refractivity (Wildman–Crippen MR) is 93.1 cm³/mol. The number of hydrogen-bond donors (Lipinski definition) is 1. The predicted octanol–water partition coefficient (Wildman–Crippen LogP) is 0.926. The van der Waals surface area contributed by atoms with E-state index in [-0.39, 0.29) is 23.6 Å². The Labute approximate surface area is 150 Å². The highest BCUT2D eigenvalue weighted by Crippen LogP contribution is 2.18. The van der Waals surface area contributed by atoms with Gasteiger partial charge in [-0.3, -0.25) is 14.3 Å². The second-order valence-corrected chi connectivity index (χ2v) is 5.47. The Kier molecular flexibility index (Phi) is 5.94. The van der Waals surface area contributed by atoms with Gasteiger partial charge in [0.15, 0.2) is 0 Å². The van der Waals surface area contributed by atoms with Gasteiger partial charge in [-0.15, -0.1) is 5.10 Å². The Morgan fingerprint density at radius 1 is 1.19 bits per heavy atom. The fourth-order valence-electron chi connectivity index (χ4n) is 2.33. The molecule has 0 aliphatic carbocycles. The van der Waals surface area contributed by atoms with Crippen LogP contribution in [0.2, 0.25) is 0 Å². The molecule has 0 radical (unpaired) electrons. The van der Waals surface area contributed by atoms with Crippen molar-refractivity contribution < 1.29 is 23.9 Å². The van der Waals surface area contributed by atoms with Crippen molar-refractivity contribution in [3.63, 3.8) is 0 Å². The topological polar surface area (TPSA) is 103 Å². The number of aromatic nitrogens is 2. The molecular weight excluding hydrogens is 340 g/mol. The van der Waals surface area contributed by atoms with Crippen LogP contribution in [0.3, 0.4) is 0 Å². The van der Waals surface area contributed by atoms with Crippen LogP contribution in [0, 0.1) is 0 Å². The number of aryl methyl sites for hydroxylation is 1. The molecule has 2 amide bonds. The zero-order valence-electron chi connectivity index (χ0n) is 15.0. The van der Waals surface area contributed by atoms with Crippen molar-refractivity contribution in [1.82, 2.24) is 14.7 Å². The molecule has 2 aromatic rings. The van der Waals surface area contributed by atoms with Crippen molar-refractivity contribution in [2.24, 2.45) is 7.05 Å². The second kappa shape index (κ2) is 8.15. The first-order valence-corrected chi connectivity index (χ1v) is 7.67. The molecule has 138 valence electrons. The maximum absolute atomic E-state index is 12.5. The molecule has 0 saturated carbocycles. The van der Waals surface area contributed by atoms with Crippen LogP contribution in [-0.2, 0) is 16.6 Å². The van der Waals surface area contributed by atoms with Crippen LogP contribution in [-0.4, -0.2) is 60.3 Å². The number of esters is 1. The average Bonchev–Trinajstić information content (AvgIpc) is 3.01. The third-order valence-electron chi connectivity index (χ3n) is 3.55. The highest BCUT2D eigenvalue weighted by Gasteiger charge is 2.22. The zero-order chi connectivity index (χ0) is 19.3. The molecule has 0 atom stereocenters. The molecule has 0 aliphatic rings. The van der Waals surface area contributed by atoms with E-state index in [0.29, 0.717) is 5.69 Å². The molecule has 0 bridgehead atoms. The van der Waals surface area contributed by atoms with E-state index in [9.17, 15) is 14.4 Å². The first-order chi connectivity index (χ1) is 12.4. The van der Waals surface area contributed by atoms with Gasteiger partial charge in [-0.2, -0.15) is 0 Å². The highest BCUT2D eigenvalue weighted by molar-refractivity contribution is 6.03. The number of carbonyl (C=O) groups excluding carboxylic acids is 3. The number of para-hydroxylation sites is 1. The maximum Gasteiger partial charge on any atom is 0.339 e. The largest absolute Gasteiger partial charge is 0.479 e. The number of nitrogens with zero attached hydrogens (tertiary/aromatic N) is 3. The van der Waals surface area contributed by atoms with Crippen LogP contribution in [0.25, 0.3) is 0 Å². The molecular formula is C17H20N4O5. The van der Waals surface area contributed by atoms with E-state index in [0.717, 1.165) is 0 Å². The molecule has 0 saturated heterocycles. The number of carbonyl (C=O) groups is 3. The molecule has 1 aromatic heterocycles. The lowest BCUT2D eigenvalue weighted by Crippen LogP contribution is -2.35. The summed E-state index contributed by atoms with van der Waals surface area (Å²) in [7, 11) is 5.82. The molecule has 0 fully saturated rings. The van der Waals surface area contributed by atoms with Gasteiger partial charge in [0.1, 0.15) is 5.56 Å². The van der Waals surface area contributed by atoms with Crippen molar-refractivity contribution in [3.8, 4) is 5.88 Å². The molecule has 1 N–H and O–H groups in total. The summed E-state index contributed by atoms with van der Waals surface area (Å²) < 4.78 is 11.2. The minimum atomic E-state index is -0.564. The Morgan fingerprint density at radius 2 is 1.88 bits per heavy atom. The molecule has 9 nitrogen and oxygen atoms in total. The van der Waals surface area contributed by atoms with Gasteiger partial charge in [0, 0.05) is 20.3 Å². The second-order valence-electron chi connectivity index (χ2n) is 5.47. The normalized spacial score (nSPS) is 10.2. The van der Waals surface area contributed by atoms with E-state index >= 15 is 0 Å². The van der Waals surface area contributed by atoms with Crippen LogP contribution < -0.4 is 10.1 Å². The summed E-state index contributed by atoms with van der Waals surface area (Å²) in [6.45, 7) is -0.216. The molecule has 1 heterocycles. The van der Waals surface area contributed by atoms with Crippen LogP contribution in [0.5, 0.6) is 5.88 Å². The fraction of sp³-hybridized carbons (Fsp3) is 0.294. The first kappa shape index (κ1) is 19.0. The van der Waals surface area contributed by atoms with E-state index in [4.69, 9.17) is 4.74 Å². The van der Waals surface area contributed by atoms with Crippen LogP contribution in [0.1, 0.15) is 20.7 Å². The summed E-state index contributed by atoms with van der Waals surface area (Å²) in [6.07, 6.45) is 1.52. The van der Waals surface area contributed by atoms with Crippen LogP contribution >= 0.6 is 0 Å². The number of methoxy groups -OCH3 is 2. The van der Waals surface area contributed by atoms with Gasteiger partial charge < -0.3 is 19.7 Å². The number of hydrogen-bond acceptors (Lipinski definition) is 6. The summed E-state index contributed by atoms with van der Waals surface area (Å²) in [4.78, 5) is 37.7. The van der Waals surface area contributed by atoms with Crippen molar-refractivity contribution in [2.75, 3.05) is 33.1 Å². The number of amides is 2. The molecule has 0 unspecified atom stereocenters. The van der Waals surface area contributed by atoms with Gasteiger partial charge in [0.05, 0.1) is 32.0 Å². The molecule has 26 heavy (non-hydrogen) atoms.